The van der Waals surface area contributed by atoms with E-state index in [0.717, 1.165) is 17.8 Å². The predicted molar refractivity (Wildman–Crippen MR) is 75.8 cm³/mol. The lowest BCUT2D eigenvalue weighted by molar-refractivity contribution is -0.159. The van der Waals surface area contributed by atoms with E-state index >= 15 is 0 Å². The number of nitrogens with two attached hydrogens (primary N) is 1. The maximum atomic E-state index is 12.2. The first-order valence-electron chi connectivity index (χ1n) is 6.66. The van der Waals surface area contributed by atoms with Gasteiger partial charge in [-0.05, 0) is 38.5 Å². The molecule has 0 aliphatic carbocycles. The number of hydrogen-bond donors (Lipinski definition) is 2. The highest BCUT2D eigenvalue weighted by Gasteiger charge is 2.36. The summed E-state index contributed by atoms with van der Waals surface area (Å²) in [5, 5.41) is 3.27. The molecule has 104 valence electrons. The van der Waals surface area contributed by atoms with E-state index in [9.17, 15) is 4.79 Å². The maximum Gasteiger partial charge on any atom is 0.311 e. The summed E-state index contributed by atoms with van der Waals surface area (Å²) in [6.07, 6.45) is 0. The van der Waals surface area contributed by atoms with Crippen LogP contribution in [0, 0.1) is 5.92 Å². The van der Waals surface area contributed by atoms with Crippen LogP contribution in [0.5, 0.6) is 0 Å². The monoisotopic (exact) mass is 262 g/mol. The Kier molecular flexibility index (Phi) is 3.80. The van der Waals surface area contributed by atoms with Gasteiger partial charge in [0.25, 0.3) is 0 Å². The summed E-state index contributed by atoms with van der Waals surface area (Å²) >= 11 is 0. The van der Waals surface area contributed by atoms with Gasteiger partial charge in [0.05, 0.1) is 5.92 Å². The van der Waals surface area contributed by atoms with Gasteiger partial charge in [-0.2, -0.15) is 0 Å². The Bertz CT molecular complexity index is 465. The Morgan fingerprint density at radius 1 is 1.37 bits per heavy atom. The number of hydrogen-bond acceptors (Lipinski definition) is 4. The molecule has 0 saturated carbocycles. The van der Waals surface area contributed by atoms with Gasteiger partial charge in [-0.15, -0.1) is 0 Å². The summed E-state index contributed by atoms with van der Waals surface area (Å²) < 4.78 is 5.49. The van der Waals surface area contributed by atoms with Gasteiger partial charge in [0.2, 0.25) is 0 Å². The molecule has 0 amide bonds. The number of nitrogen functional groups attached to an aromatic ring is 1. The molecule has 0 unspecified atom stereocenters. The second-order valence-corrected chi connectivity index (χ2v) is 6.07. The number of rotatable bonds is 2. The van der Waals surface area contributed by atoms with Gasteiger partial charge >= 0.3 is 5.97 Å². The molecule has 1 aromatic rings. The fourth-order valence-corrected chi connectivity index (χ4v) is 2.44. The zero-order valence-electron chi connectivity index (χ0n) is 11.8. The molecule has 0 radical (unpaired) electrons. The molecule has 2 atom stereocenters. The Labute approximate surface area is 114 Å². The Morgan fingerprint density at radius 2 is 2.11 bits per heavy atom. The van der Waals surface area contributed by atoms with Crippen LogP contribution in [0.15, 0.2) is 24.3 Å². The number of carbonyl (C=O) groups is 1. The van der Waals surface area contributed by atoms with E-state index in [2.05, 4.69) is 5.32 Å². The average Bonchev–Trinajstić information content (AvgIpc) is 2.75. The molecular formula is C15H22N2O2. The fraction of sp³-hybridized carbons (Fsp3) is 0.533. The van der Waals surface area contributed by atoms with Crippen LogP contribution >= 0.6 is 0 Å². The molecule has 1 aliphatic heterocycles. The summed E-state index contributed by atoms with van der Waals surface area (Å²) in [5.41, 5.74) is 7.20. The van der Waals surface area contributed by atoms with Gasteiger partial charge in [-0.1, -0.05) is 12.1 Å². The fourth-order valence-electron chi connectivity index (χ4n) is 2.44. The van der Waals surface area contributed by atoms with Gasteiger partial charge in [0, 0.05) is 24.7 Å². The minimum Gasteiger partial charge on any atom is -0.460 e. The minimum absolute atomic E-state index is 0.134. The summed E-state index contributed by atoms with van der Waals surface area (Å²) in [7, 11) is 0. The number of benzene rings is 1. The van der Waals surface area contributed by atoms with Crippen LogP contribution in [-0.4, -0.2) is 24.7 Å². The first-order chi connectivity index (χ1) is 8.87. The van der Waals surface area contributed by atoms with E-state index in [-0.39, 0.29) is 17.8 Å². The summed E-state index contributed by atoms with van der Waals surface area (Å²) in [6, 6.07) is 7.74. The van der Waals surface area contributed by atoms with E-state index < -0.39 is 5.60 Å². The topological polar surface area (TPSA) is 64.3 Å². The Balaban J connectivity index is 2.15. The molecule has 19 heavy (non-hydrogen) atoms. The van der Waals surface area contributed by atoms with E-state index in [1.807, 2.05) is 45.0 Å². The minimum atomic E-state index is -0.445. The van der Waals surface area contributed by atoms with Crippen molar-refractivity contribution in [3.05, 3.63) is 29.8 Å². The molecule has 1 saturated heterocycles. The Morgan fingerprint density at radius 3 is 2.74 bits per heavy atom. The van der Waals surface area contributed by atoms with Crippen molar-refractivity contribution >= 4 is 11.7 Å². The van der Waals surface area contributed by atoms with Crippen molar-refractivity contribution in [2.45, 2.75) is 32.3 Å². The normalized spacial score (nSPS) is 23.3. The predicted octanol–water partition coefficient (Wildman–Crippen LogP) is 1.91. The van der Waals surface area contributed by atoms with Crippen LogP contribution < -0.4 is 11.1 Å². The second kappa shape index (κ2) is 5.21. The number of esters is 1. The van der Waals surface area contributed by atoms with Gasteiger partial charge in [0.15, 0.2) is 0 Å². The molecule has 1 aliphatic rings. The van der Waals surface area contributed by atoms with E-state index in [0.29, 0.717) is 6.54 Å². The van der Waals surface area contributed by atoms with Gasteiger partial charge < -0.3 is 15.8 Å². The van der Waals surface area contributed by atoms with Crippen LogP contribution in [0.25, 0.3) is 0 Å². The van der Waals surface area contributed by atoms with Gasteiger partial charge in [-0.25, -0.2) is 0 Å². The van der Waals surface area contributed by atoms with Crippen molar-refractivity contribution < 1.29 is 9.53 Å². The van der Waals surface area contributed by atoms with E-state index in [1.165, 1.54) is 0 Å². The third-order valence-electron chi connectivity index (χ3n) is 3.26. The second-order valence-electron chi connectivity index (χ2n) is 6.07. The van der Waals surface area contributed by atoms with Crippen molar-refractivity contribution in [1.82, 2.24) is 5.32 Å². The van der Waals surface area contributed by atoms with Crippen molar-refractivity contribution in [2.24, 2.45) is 5.92 Å². The van der Waals surface area contributed by atoms with Crippen LogP contribution in [0.1, 0.15) is 32.3 Å². The molecule has 2 rings (SSSR count). The zero-order chi connectivity index (χ0) is 14.0. The summed E-state index contributed by atoms with van der Waals surface area (Å²) in [4.78, 5) is 12.2. The molecule has 4 nitrogen and oxygen atoms in total. The SMILES string of the molecule is CC(C)(C)OC(=O)[C@@H]1CNC[C@H]1c1cccc(N)c1. The van der Waals surface area contributed by atoms with Crippen molar-refractivity contribution in [2.75, 3.05) is 18.8 Å². The Hall–Kier alpha value is -1.55. The molecular weight excluding hydrogens is 240 g/mol. The molecule has 4 heteroatoms. The smallest absolute Gasteiger partial charge is 0.311 e. The number of nitrogens with one attached hydrogen (secondary N) is 1. The molecule has 1 heterocycles. The van der Waals surface area contributed by atoms with Crippen molar-refractivity contribution in [3.63, 3.8) is 0 Å². The van der Waals surface area contributed by atoms with Crippen LogP contribution in [0.4, 0.5) is 5.69 Å². The standard InChI is InChI=1S/C15H22N2O2/c1-15(2,3)19-14(18)13-9-17-8-12(13)10-5-4-6-11(16)7-10/h4-7,12-13,17H,8-9,16H2,1-3H3/t12-,13+/m0/s1. The lowest BCUT2D eigenvalue weighted by Gasteiger charge is -2.24. The molecule has 3 N–H and O–H groups in total. The highest BCUT2D eigenvalue weighted by molar-refractivity contribution is 5.75. The number of anilines is 1. The van der Waals surface area contributed by atoms with Crippen LogP contribution in [-0.2, 0) is 9.53 Å². The zero-order valence-corrected chi connectivity index (χ0v) is 11.8. The maximum absolute atomic E-state index is 12.2. The third-order valence-corrected chi connectivity index (χ3v) is 3.26. The molecule has 1 fully saturated rings. The van der Waals surface area contributed by atoms with E-state index in [1.54, 1.807) is 0 Å². The lowest BCUT2D eigenvalue weighted by atomic mass is 9.88. The first kappa shape index (κ1) is 13.9. The molecule has 0 spiro atoms. The van der Waals surface area contributed by atoms with Gasteiger partial charge in [-0.3, -0.25) is 4.79 Å². The third kappa shape index (κ3) is 3.47. The first-order valence-corrected chi connectivity index (χ1v) is 6.66. The number of ether oxygens (including phenoxy) is 1. The average molecular weight is 262 g/mol. The summed E-state index contributed by atoms with van der Waals surface area (Å²) in [5.74, 6) is -0.135. The summed E-state index contributed by atoms with van der Waals surface area (Å²) in [6.45, 7) is 7.12. The van der Waals surface area contributed by atoms with Crippen LogP contribution in [0.3, 0.4) is 0 Å². The van der Waals surface area contributed by atoms with Crippen molar-refractivity contribution in [3.8, 4) is 0 Å². The largest absolute Gasteiger partial charge is 0.460 e. The van der Waals surface area contributed by atoms with Crippen LogP contribution in [0.2, 0.25) is 0 Å². The van der Waals surface area contributed by atoms with E-state index in [4.69, 9.17) is 10.5 Å². The lowest BCUT2D eigenvalue weighted by Crippen LogP contribution is -2.31. The van der Waals surface area contributed by atoms with Gasteiger partial charge in [0.1, 0.15) is 5.60 Å². The molecule has 0 bridgehead atoms. The quantitative estimate of drug-likeness (QED) is 0.631. The highest BCUT2D eigenvalue weighted by Crippen LogP contribution is 2.31. The molecule has 1 aromatic carbocycles. The van der Waals surface area contributed by atoms with Crippen molar-refractivity contribution in [1.29, 1.82) is 0 Å². The highest BCUT2D eigenvalue weighted by atomic mass is 16.6. The number of carbonyl (C=O) groups excluding carboxylic acids is 1. The molecule has 0 aromatic heterocycles.